The van der Waals surface area contributed by atoms with E-state index in [9.17, 15) is 13.6 Å². The van der Waals surface area contributed by atoms with Crippen LogP contribution in [0.1, 0.15) is 34.8 Å². The predicted octanol–water partition coefficient (Wildman–Crippen LogP) is 2.70. The smallest absolute Gasteiger partial charge is 0.265 e. The number of ketones is 1. The fraction of sp³-hybridized carbons (Fsp3) is 0.200. The van der Waals surface area contributed by atoms with Crippen molar-refractivity contribution < 1.29 is 13.6 Å². The highest BCUT2D eigenvalue weighted by Crippen LogP contribution is 2.23. The highest BCUT2D eigenvalue weighted by atomic mass is 19.3. The van der Waals surface area contributed by atoms with Crippen molar-refractivity contribution in [1.82, 2.24) is 0 Å². The van der Waals surface area contributed by atoms with Gasteiger partial charge in [-0.05, 0) is 13.0 Å². The number of hydrogen-bond donors (Lipinski definition) is 0. The molecule has 0 fully saturated rings. The predicted molar refractivity (Wildman–Crippen MR) is 46.1 cm³/mol. The SMILES string of the molecule is CC(=O)c1ccc(C(F)F)c(C#N)c1. The molecule has 4 heteroatoms. The van der Waals surface area contributed by atoms with E-state index < -0.39 is 6.43 Å². The number of benzene rings is 1. The zero-order valence-corrected chi connectivity index (χ0v) is 7.42. The summed E-state index contributed by atoms with van der Waals surface area (Å²) < 4.78 is 24.6. The molecule has 0 amide bonds. The highest BCUT2D eigenvalue weighted by molar-refractivity contribution is 5.94. The van der Waals surface area contributed by atoms with Crippen molar-refractivity contribution in [2.24, 2.45) is 0 Å². The van der Waals surface area contributed by atoms with Gasteiger partial charge in [0.15, 0.2) is 5.78 Å². The van der Waals surface area contributed by atoms with Gasteiger partial charge in [-0.15, -0.1) is 0 Å². The van der Waals surface area contributed by atoms with Crippen LogP contribution in [0.2, 0.25) is 0 Å². The van der Waals surface area contributed by atoms with E-state index >= 15 is 0 Å². The normalized spacial score (nSPS) is 9.93. The average molecular weight is 195 g/mol. The van der Waals surface area contributed by atoms with E-state index in [1.165, 1.54) is 19.1 Å². The summed E-state index contributed by atoms with van der Waals surface area (Å²) in [5.41, 5.74) is -0.212. The maximum Gasteiger partial charge on any atom is 0.265 e. The number of hydrogen-bond acceptors (Lipinski definition) is 2. The minimum atomic E-state index is -2.69. The van der Waals surface area contributed by atoms with Crippen molar-refractivity contribution in [3.05, 3.63) is 34.9 Å². The van der Waals surface area contributed by atoms with Gasteiger partial charge in [-0.3, -0.25) is 4.79 Å². The van der Waals surface area contributed by atoms with Crippen molar-refractivity contribution in [2.45, 2.75) is 13.3 Å². The molecule has 1 aromatic rings. The Labute approximate surface area is 79.8 Å². The van der Waals surface area contributed by atoms with Crippen LogP contribution in [0.4, 0.5) is 8.78 Å². The van der Waals surface area contributed by atoms with Gasteiger partial charge in [-0.25, -0.2) is 8.78 Å². The molecule has 0 atom stereocenters. The third kappa shape index (κ3) is 1.94. The molecule has 0 saturated heterocycles. The highest BCUT2D eigenvalue weighted by Gasteiger charge is 2.13. The van der Waals surface area contributed by atoms with Gasteiger partial charge in [0, 0.05) is 11.1 Å². The molecule has 0 aromatic heterocycles. The maximum atomic E-state index is 12.3. The molecule has 72 valence electrons. The largest absolute Gasteiger partial charge is 0.295 e. The molecule has 0 radical (unpaired) electrons. The Morgan fingerprint density at radius 2 is 2.14 bits per heavy atom. The molecular formula is C10H7F2NO. The van der Waals surface area contributed by atoms with E-state index in [4.69, 9.17) is 5.26 Å². The summed E-state index contributed by atoms with van der Waals surface area (Å²) in [6.45, 7) is 1.32. The van der Waals surface area contributed by atoms with Crippen LogP contribution in [0, 0.1) is 11.3 Å². The van der Waals surface area contributed by atoms with Crippen molar-refractivity contribution >= 4 is 5.78 Å². The van der Waals surface area contributed by atoms with Gasteiger partial charge in [0.25, 0.3) is 6.43 Å². The molecule has 0 saturated carbocycles. The van der Waals surface area contributed by atoms with Gasteiger partial charge < -0.3 is 0 Å². The summed E-state index contributed by atoms with van der Waals surface area (Å²) in [7, 11) is 0. The summed E-state index contributed by atoms with van der Waals surface area (Å²) in [6.07, 6.45) is -2.69. The van der Waals surface area contributed by atoms with Gasteiger partial charge in [0.05, 0.1) is 11.6 Å². The first-order valence-corrected chi connectivity index (χ1v) is 3.89. The van der Waals surface area contributed by atoms with Crippen LogP contribution < -0.4 is 0 Å². The molecule has 0 aliphatic rings. The fourth-order valence-electron chi connectivity index (χ4n) is 1.06. The molecule has 1 rings (SSSR count). The zero-order valence-electron chi connectivity index (χ0n) is 7.42. The minimum absolute atomic E-state index is 0.146. The van der Waals surface area contributed by atoms with E-state index in [-0.39, 0.29) is 22.5 Å². The van der Waals surface area contributed by atoms with Crippen molar-refractivity contribution in [3.63, 3.8) is 0 Å². The second kappa shape index (κ2) is 3.97. The number of carbonyl (C=O) groups is 1. The number of rotatable bonds is 2. The molecular weight excluding hydrogens is 188 g/mol. The van der Waals surface area contributed by atoms with Gasteiger partial charge >= 0.3 is 0 Å². The number of halogens is 2. The van der Waals surface area contributed by atoms with Crippen LogP contribution in [0.15, 0.2) is 18.2 Å². The van der Waals surface area contributed by atoms with E-state index in [1.807, 2.05) is 0 Å². The first kappa shape index (κ1) is 10.3. The van der Waals surface area contributed by atoms with Crippen LogP contribution in [0.25, 0.3) is 0 Å². The van der Waals surface area contributed by atoms with Crippen molar-refractivity contribution in [2.75, 3.05) is 0 Å². The quantitative estimate of drug-likeness (QED) is 0.680. The minimum Gasteiger partial charge on any atom is -0.295 e. The Morgan fingerprint density at radius 3 is 2.57 bits per heavy atom. The molecule has 2 nitrogen and oxygen atoms in total. The zero-order chi connectivity index (χ0) is 10.7. The second-order valence-electron chi connectivity index (χ2n) is 2.77. The Morgan fingerprint density at radius 1 is 1.50 bits per heavy atom. The standard InChI is InChI=1S/C10H7F2NO/c1-6(14)7-2-3-9(10(11)12)8(4-7)5-13/h2-4,10H,1H3. The number of nitriles is 1. The lowest BCUT2D eigenvalue weighted by molar-refractivity contribution is 0.101. The number of Topliss-reactive ketones (excluding diaryl/α,β-unsaturated/α-hetero) is 1. The average Bonchev–Trinajstić information content (AvgIpc) is 2.16. The van der Waals surface area contributed by atoms with E-state index in [0.717, 1.165) is 6.07 Å². The topological polar surface area (TPSA) is 40.9 Å². The number of alkyl halides is 2. The molecule has 0 aliphatic carbocycles. The Kier molecular flexibility index (Phi) is 2.92. The first-order chi connectivity index (χ1) is 6.56. The lowest BCUT2D eigenvalue weighted by Gasteiger charge is -2.03. The van der Waals surface area contributed by atoms with E-state index in [2.05, 4.69) is 0 Å². The lowest BCUT2D eigenvalue weighted by atomic mass is 10.0. The Balaban J connectivity index is 3.27. The third-order valence-corrected chi connectivity index (χ3v) is 1.82. The number of carbonyl (C=O) groups excluding carboxylic acids is 1. The molecule has 0 aliphatic heterocycles. The van der Waals surface area contributed by atoms with Gasteiger partial charge in [0.2, 0.25) is 0 Å². The van der Waals surface area contributed by atoms with Crippen LogP contribution in [0.5, 0.6) is 0 Å². The van der Waals surface area contributed by atoms with Gasteiger partial charge in [-0.1, -0.05) is 12.1 Å². The van der Waals surface area contributed by atoms with E-state index in [1.54, 1.807) is 6.07 Å². The second-order valence-corrected chi connectivity index (χ2v) is 2.77. The molecule has 0 heterocycles. The van der Waals surface area contributed by atoms with Gasteiger partial charge in [0.1, 0.15) is 0 Å². The Hall–Kier alpha value is -1.76. The van der Waals surface area contributed by atoms with Crippen molar-refractivity contribution in [3.8, 4) is 6.07 Å². The van der Waals surface area contributed by atoms with Crippen LogP contribution in [-0.2, 0) is 0 Å². The first-order valence-electron chi connectivity index (χ1n) is 3.89. The fourth-order valence-corrected chi connectivity index (χ4v) is 1.06. The van der Waals surface area contributed by atoms with Crippen LogP contribution >= 0.6 is 0 Å². The summed E-state index contributed by atoms with van der Waals surface area (Å²) in [6, 6.07) is 5.23. The van der Waals surface area contributed by atoms with Crippen molar-refractivity contribution in [1.29, 1.82) is 5.26 Å². The molecule has 0 N–H and O–H groups in total. The maximum absolute atomic E-state index is 12.3. The summed E-state index contributed by atoms with van der Waals surface area (Å²) >= 11 is 0. The van der Waals surface area contributed by atoms with Gasteiger partial charge in [-0.2, -0.15) is 5.26 Å². The summed E-state index contributed by atoms with van der Waals surface area (Å²) in [5, 5.41) is 8.58. The summed E-state index contributed by atoms with van der Waals surface area (Å²) in [4.78, 5) is 10.9. The molecule has 1 aromatic carbocycles. The molecule has 0 spiro atoms. The molecule has 0 bridgehead atoms. The molecule has 0 unspecified atom stereocenters. The number of nitrogens with zero attached hydrogens (tertiary/aromatic N) is 1. The van der Waals surface area contributed by atoms with Crippen LogP contribution in [0.3, 0.4) is 0 Å². The van der Waals surface area contributed by atoms with Crippen LogP contribution in [-0.4, -0.2) is 5.78 Å². The lowest BCUT2D eigenvalue weighted by Crippen LogP contribution is -1.96. The molecule has 14 heavy (non-hydrogen) atoms. The Bertz CT molecular complexity index is 407. The third-order valence-electron chi connectivity index (χ3n) is 1.82. The summed E-state index contributed by atoms with van der Waals surface area (Å²) in [5.74, 6) is -0.248. The van der Waals surface area contributed by atoms with E-state index in [0.29, 0.717) is 0 Å². The monoisotopic (exact) mass is 195 g/mol.